The Kier molecular flexibility index (Phi) is 5.18. The minimum Gasteiger partial charge on any atom is -0.340 e. The van der Waals surface area contributed by atoms with E-state index in [1.165, 1.54) is 0 Å². The molecule has 0 aromatic heterocycles. The van der Waals surface area contributed by atoms with Crippen LogP contribution in [0.4, 0.5) is 0 Å². The molecule has 0 aliphatic carbocycles. The first-order valence-electron chi connectivity index (χ1n) is 7.20. The van der Waals surface area contributed by atoms with Gasteiger partial charge in [0.15, 0.2) is 5.78 Å². The topological polar surface area (TPSA) is 37.4 Å². The minimum atomic E-state index is -0.0203. The van der Waals surface area contributed by atoms with Gasteiger partial charge >= 0.3 is 0 Å². The van der Waals surface area contributed by atoms with Crippen molar-refractivity contribution < 1.29 is 9.59 Å². The van der Waals surface area contributed by atoms with Crippen LogP contribution >= 0.6 is 11.6 Å². The molecular weight excluding hydrogens is 274 g/mol. The number of ketones is 1. The molecule has 4 heteroatoms. The number of hydrogen-bond acceptors (Lipinski definition) is 2. The Bertz CT molecular complexity index is 501. The molecule has 1 heterocycles. The van der Waals surface area contributed by atoms with Gasteiger partial charge < -0.3 is 4.90 Å². The average molecular weight is 294 g/mol. The maximum atomic E-state index is 12.2. The first kappa shape index (κ1) is 15.0. The predicted octanol–water partition coefficient (Wildman–Crippen LogP) is 3.70. The van der Waals surface area contributed by atoms with E-state index in [1.807, 2.05) is 4.90 Å². The first-order chi connectivity index (χ1) is 9.61. The number of hydrogen-bond donors (Lipinski definition) is 0. The summed E-state index contributed by atoms with van der Waals surface area (Å²) < 4.78 is 0. The number of nitrogens with zero attached hydrogens (tertiary/aromatic N) is 1. The van der Waals surface area contributed by atoms with E-state index >= 15 is 0 Å². The lowest BCUT2D eigenvalue weighted by atomic mass is 10.1. The Labute approximate surface area is 124 Å². The molecule has 0 spiro atoms. The Morgan fingerprint density at radius 2 is 2.15 bits per heavy atom. The van der Waals surface area contributed by atoms with Crippen LogP contribution in [0.3, 0.4) is 0 Å². The highest BCUT2D eigenvalue weighted by Crippen LogP contribution is 2.21. The van der Waals surface area contributed by atoms with Crippen molar-refractivity contribution in [3.8, 4) is 0 Å². The Hall–Kier alpha value is -1.35. The summed E-state index contributed by atoms with van der Waals surface area (Å²) in [5.74, 6) is 0.0813. The summed E-state index contributed by atoms with van der Waals surface area (Å²) >= 11 is 5.87. The highest BCUT2D eigenvalue weighted by atomic mass is 35.5. The molecule has 1 fully saturated rings. The molecule has 1 aliphatic rings. The first-order valence-corrected chi connectivity index (χ1v) is 7.58. The van der Waals surface area contributed by atoms with Crippen molar-refractivity contribution in [3.05, 3.63) is 34.9 Å². The van der Waals surface area contributed by atoms with Gasteiger partial charge in [-0.2, -0.15) is 0 Å². The van der Waals surface area contributed by atoms with Crippen molar-refractivity contribution in [2.45, 2.75) is 45.1 Å². The van der Waals surface area contributed by atoms with Crippen LogP contribution in [0, 0.1) is 0 Å². The lowest BCUT2D eigenvalue weighted by Gasteiger charge is -2.23. The number of carbonyl (C=O) groups excluding carboxylic acids is 2. The van der Waals surface area contributed by atoms with Crippen molar-refractivity contribution in [1.82, 2.24) is 4.90 Å². The minimum absolute atomic E-state index is 0.0203. The number of halogens is 1. The molecule has 1 atom stereocenters. The summed E-state index contributed by atoms with van der Waals surface area (Å²) in [5, 5.41) is 0.549. The number of rotatable bonds is 5. The molecule has 2 rings (SSSR count). The monoisotopic (exact) mass is 293 g/mol. The van der Waals surface area contributed by atoms with Gasteiger partial charge in [-0.3, -0.25) is 9.59 Å². The van der Waals surface area contributed by atoms with Crippen LogP contribution in [-0.2, 0) is 4.79 Å². The van der Waals surface area contributed by atoms with Crippen molar-refractivity contribution in [2.75, 3.05) is 6.54 Å². The van der Waals surface area contributed by atoms with E-state index in [0.29, 0.717) is 23.0 Å². The Balaban J connectivity index is 1.88. The van der Waals surface area contributed by atoms with E-state index in [1.54, 1.807) is 24.3 Å². The molecule has 108 valence electrons. The molecule has 3 nitrogen and oxygen atoms in total. The zero-order valence-electron chi connectivity index (χ0n) is 11.8. The summed E-state index contributed by atoms with van der Waals surface area (Å²) in [6.45, 7) is 2.94. The second-order valence-corrected chi connectivity index (χ2v) is 5.66. The number of Topliss-reactive ketones (excluding diaryl/α,β-unsaturated/α-hetero) is 1. The summed E-state index contributed by atoms with van der Waals surface area (Å²) in [5.41, 5.74) is 0.582. The van der Waals surface area contributed by atoms with Gasteiger partial charge in [0.2, 0.25) is 5.91 Å². The van der Waals surface area contributed by atoms with E-state index < -0.39 is 0 Å². The molecule has 20 heavy (non-hydrogen) atoms. The maximum absolute atomic E-state index is 12.2. The van der Waals surface area contributed by atoms with E-state index in [2.05, 4.69) is 6.92 Å². The normalized spacial score (nSPS) is 18.3. The van der Waals surface area contributed by atoms with Crippen LogP contribution in [0.25, 0.3) is 0 Å². The fourth-order valence-corrected chi connectivity index (χ4v) is 2.95. The lowest BCUT2D eigenvalue weighted by Crippen LogP contribution is -2.35. The van der Waals surface area contributed by atoms with Crippen LogP contribution in [0.2, 0.25) is 5.02 Å². The molecule has 1 aromatic carbocycles. The molecule has 0 N–H and O–H groups in total. The maximum Gasteiger partial charge on any atom is 0.223 e. The van der Waals surface area contributed by atoms with Crippen LogP contribution < -0.4 is 0 Å². The highest BCUT2D eigenvalue weighted by molar-refractivity contribution is 6.31. The SMILES string of the molecule is CCC1CCCN1C(=O)CCC(=O)c1cccc(Cl)c1. The molecule has 1 amide bonds. The van der Waals surface area contributed by atoms with Crippen LogP contribution in [0.5, 0.6) is 0 Å². The summed E-state index contributed by atoms with van der Waals surface area (Å²) in [7, 11) is 0. The van der Waals surface area contributed by atoms with Gasteiger partial charge in [0.05, 0.1) is 0 Å². The van der Waals surface area contributed by atoms with Gasteiger partial charge in [0, 0.05) is 36.0 Å². The van der Waals surface area contributed by atoms with E-state index in [0.717, 1.165) is 25.8 Å². The van der Waals surface area contributed by atoms with Gasteiger partial charge in [-0.15, -0.1) is 0 Å². The van der Waals surface area contributed by atoms with Crippen LogP contribution in [-0.4, -0.2) is 29.2 Å². The van der Waals surface area contributed by atoms with Crippen LogP contribution in [0.15, 0.2) is 24.3 Å². The molecule has 0 saturated carbocycles. The highest BCUT2D eigenvalue weighted by Gasteiger charge is 2.27. The van der Waals surface area contributed by atoms with E-state index in [9.17, 15) is 9.59 Å². The third kappa shape index (κ3) is 3.60. The van der Waals surface area contributed by atoms with Gasteiger partial charge in [0.25, 0.3) is 0 Å². The van der Waals surface area contributed by atoms with Crippen molar-refractivity contribution in [3.63, 3.8) is 0 Å². The number of amides is 1. The zero-order chi connectivity index (χ0) is 14.5. The predicted molar refractivity (Wildman–Crippen MR) is 80.0 cm³/mol. The lowest BCUT2D eigenvalue weighted by molar-refractivity contribution is -0.132. The molecular formula is C16H20ClNO2. The van der Waals surface area contributed by atoms with Gasteiger partial charge in [-0.25, -0.2) is 0 Å². The molecule has 0 radical (unpaired) electrons. The van der Waals surface area contributed by atoms with Crippen molar-refractivity contribution in [1.29, 1.82) is 0 Å². The summed E-state index contributed by atoms with van der Waals surface area (Å²) in [4.78, 5) is 26.1. The quantitative estimate of drug-likeness (QED) is 0.776. The van der Waals surface area contributed by atoms with E-state index in [-0.39, 0.29) is 18.1 Å². The fourth-order valence-electron chi connectivity index (χ4n) is 2.76. The molecule has 1 aliphatic heterocycles. The van der Waals surface area contributed by atoms with E-state index in [4.69, 9.17) is 11.6 Å². The summed E-state index contributed by atoms with van der Waals surface area (Å²) in [6.07, 6.45) is 3.71. The third-order valence-electron chi connectivity index (χ3n) is 3.88. The fraction of sp³-hybridized carbons (Fsp3) is 0.500. The largest absolute Gasteiger partial charge is 0.340 e. The molecule has 1 saturated heterocycles. The molecule has 0 bridgehead atoms. The standard InChI is InChI=1S/C16H20ClNO2/c1-2-14-7-4-10-18(14)16(20)9-8-15(19)12-5-3-6-13(17)11-12/h3,5-6,11,14H,2,4,7-10H2,1H3. The van der Waals surface area contributed by atoms with Gasteiger partial charge in [0.1, 0.15) is 0 Å². The number of likely N-dealkylation sites (tertiary alicyclic amines) is 1. The zero-order valence-corrected chi connectivity index (χ0v) is 12.5. The third-order valence-corrected chi connectivity index (χ3v) is 4.12. The number of carbonyl (C=O) groups is 2. The van der Waals surface area contributed by atoms with Crippen molar-refractivity contribution in [2.24, 2.45) is 0 Å². The average Bonchev–Trinajstić information content (AvgIpc) is 2.92. The Morgan fingerprint density at radius 3 is 2.85 bits per heavy atom. The molecule has 1 aromatic rings. The van der Waals surface area contributed by atoms with Gasteiger partial charge in [-0.1, -0.05) is 30.7 Å². The second kappa shape index (κ2) is 6.89. The summed E-state index contributed by atoms with van der Waals surface area (Å²) in [6, 6.07) is 7.25. The van der Waals surface area contributed by atoms with Crippen molar-refractivity contribution >= 4 is 23.3 Å². The van der Waals surface area contributed by atoms with Gasteiger partial charge in [-0.05, 0) is 31.4 Å². The molecule has 1 unspecified atom stereocenters. The Morgan fingerprint density at radius 1 is 1.35 bits per heavy atom. The smallest absolute Gasteiger partial charge is 0.223 e. The second-order valence-electron chi connectivity index (χ2n) is 5.22. The van der Waals surface area contributed by atoms with Crippen LogP contribution in [0.1, 0.15) is 49.4 Å². The number of benzene rings is 1.